The van der Waals surface area contributed by atoms with Crippen molar-refractivity contribution in [3.63, 3.8) is 0 Å². The number of nitrogens with zero attached hydrogens (tertiary/aromatic N) is 3. The number of aromatic hydroxyl groups is 1. The number of thioether (sulfide) groups is 1. The second-order valence-corrected chi connectivity index (χ2v) is 20.6. The van der Waals surface area contributed by atoms with Gasteiger partial charge in [0.2, 0.25) is 6.79 Å². The Morgan fingerprint density at radius 1 is 0.958 bits per heavy atom. The van der Waals surface area contributed by atoms with Gasteiger partial charge in [-0.25, -0.2) is 14.4 Å². The molecule has 7 heterocycles. The molecule has 0 aliphatic carbocycles. The first-order valence-electron chi connectivity index (χ1n) is 23.4. The van der Waals surface area contributed by atoms with E-state index in [2.05, 4.69) is 11.4 Å². The molecule has 18 heteroatoms. The van der Waals surface area contributed by atoms with Crippen molar-refractivity contribution in [3.8, 4) is 46.3 Å². The van der Waals surface area contributed by atoms with E-state index in [0.29, 0.717) is 63.4 Å². The van der Waals surface area contributed by atoms with Gasteiger partial charge in [-0.3, -0.25) is 19.9 Å². The number of carbonyl (C=O) groups excluding carboxylic acids is 4. The van der Waals surface area contributed by atoms with Gasteiger partial charge in [-0.15, -0.1) is 11.8 Å². The van der Waals surface area contributed by atoms with Gasteiger partial charge in [0, 0.05) is 47.6 Å². The average molecular weight is 987 g/mol. The van der Waals surface area contributed by atoms with E-state index in [1.165, 1.54) is 39.0 Å². The number of ether oxygens (including phenoxy) is 8. The number of amides is 1. The van der Waals surface area contributed by atoms with E-state index in [9.17, 15) is 24.8 Å². The van der Waals surface area contributed by atoms with Crippen LogP contribution in [0.4, 0.5) is 4.79 Å². The number of esters is 3. The van der Waals surface area contributed by atoms with E-state index < -0.39 is 70.6 Å². The van der Waals surface area contributed by atoms with Crippen molar-refractivity contribution in [2.75, 3.05) is 39.9 Å². The van der Waals surface area contributed by atoms with Crippen molar-refractivity contribution >= 4 is 41.8 Å². The van der Waals surface area contributed by atoms with Gasteiger partial charge < -0.3 is 43.0 Å². The number of aryl methyl sites for hydroxylation is 1. The van der Waals surface area contributed by atoms with Gasteiger partial charge in [0.05, 0.1) is 49.7 Å². The Hall–Kier alpha value is -6.94. The quantitative estimate of drug-likeness (QED) is 0.111. The van der Waals surface area contributed by atoms with Crippen LogP contribution in [0.1, 0.15) is 95.1 Å². The predicted octanol–water partition coefficient (Wildman–Crippen LogP) is 7.21. The number of nitrogens with one attached hydrogen (secondary N) is 1. The molecule has 0 saturated carbocycles. The lowest BCUT2D eigenvalue weighted by Gasteiger charge is -2.62. The Kier molecular flexibility index (Phi) is 12.1. The number of nitriles is 1. The predicted molar refractivity (Wildman–Crippen MR) is 258 cm³/mol. The first-order chi connectivity index (χ1) is 34.0. The Bertz CT molecular complexity index is 2970. The summed E-state index contributed by atoms with van der Waals surface area (Å²) in [6.07, 6.45) is 2.90. The molecule has 2 unspecified atom stereocenters. The standard InChI is InChI=1S/C53H54N4O13S/c1-26-18-31-19-33-34(22-54)56-35-23-65-50(61)53(32-21-36(63-7)37(20-30(32)16-17-55-53)69-38(59)15-14-29-12-10-9-11-13-29)24-71-49(41-40(35)48-47(66-25-67-48)27(2)46(41)68-28(3)58)43(56)42(39(31)44(60)45(26)64-8)57(33)51(62)70-52(4,5)6/h9-15,18,20-21,33-35,42-43,49,55,60H,16-17,19,23-25H2,1-8H3/t33-,34-,35-,42?,43?,49+,53+/m0/s1. The zero-order valence-corrected chi connectivity index (χ0v) is 41.4. The fourth-order valence-electron chi connectivity index (χ4n) is 11.4. The van der Waals surface area contributed by atoms with E-state index in [0.717, 1.165) is 11.1 Å². The second-order valence-electron chi connectivity index (χ2n) is 19.5. The van der Waals surface area contributed by atoms with Crippen LogP contribution < -0.4 is 33.7 Å². The highest BCUT2D eigenvalue weighted by Crippen LogP contribution is 2.65. The molecule has 17 nitrogen and oxygen atoms in total. The van der Waals surface area contributed by atoms with Crippen LogP contribution in [0.5, 0.6) is 40.2 Å². The van der Waals surface area contributed by atoms with Crippen LogP contribution in [-0.4, -0.2) is 103 Å². The summed E-state index contributed by atoms with van der Waals surface area (Å²) in [6.45, 7) is 10.0. The van der Waals surface area contributed by atoms with Crippen molar-refractivity contribution in [1.29, 1.82) is 5.26 Å². The van der Waals surface area contributed by atoms with E-state index >= 15 is 4.79 Å². The van der Waals surface area contributed by atoms with E-state index in [4.69, 9.17) is 37.9 Å². The lowest BCUT2D eigenvalue weighted by molar-refractivity contribution is -0.157. The summed E-state index contributed by atoms with van der Waals surface area (Å²) in [5.41, 5.74) is 2.86. The lowest BCUT2D eigenvalue weighted by Crippen LogP contribution is -2.71. The van der Waals surface area contributed by atoms with Crippen LogP contribution in [0.3, 0.4) is 0 Å². The van der Waals surface area contributed by atoms with Crippen LogP contribution in [-0.2, 0) is 42.2 Å². The van der Waals surface area contributed by atoms with Crippen molar-refractivity contribution in [1.82, 2.24) is 15.1 Å². The number of hydrogen-bond acceptors (Lipinski definition) is 17. The molecule has 7 aliphatic rings. The molecule has 4 aromatic rings. The van der Waals surface area contributed by atoms with Crippen LogP contribution >= 0.6 is 11.8 Å². The Labute approximate surface area is 414 Å². The second kappa shape index (κ2) is 18.0. The summed E-state index contributed by atoms with van der Waals surface area (Å²) < 4.78 is 48.8. The SMILES string of the molecule is COc1cc2c(cc1OC(=O)C=Cc1ccccc1)CCN[C@]21CS[C@@H]2c3c(OC(C)=O)c(C)c4c(c3[C@H](COC1=O)N1C2C2c3c(cc(C)c(OC)c3O)C[C@@H]([C@@H]1C#N)N2C(=O)OC(C)(C)C)OCO4. The molecule has 11 rings (SSSR count). The largest absolute Gasteiger partial charge is 0.504 e. The van der Waals surface area contributed by atoms with Crippen LogP contribution in [0, 0.1) is 25.2 Å². The van der Waals surface area contributed by atoms with Crippen molar-refractivity contribution in [2.24, 2.45) is 0 Å². The maximum absolute atomic E-state index is 15.3. The van der Waals surface area contributed by atoms with Gasteiger partial charge in [0.25, 0.3) is 0 Å². The molecule has 7 aliphatic heterocycles. The molecule has 71 heavy (non-hydrogen) atoms. The Morgan fingerprint density at radius 3 is 2.42 bits per heavy atom. The molecule has 1 amide bonds. The third kappa shape index (κ3) is 7.85. The topological polar surface area (TPSA) is 205 Å². The number of piperazine rings is 1. The fourth-order valence-corrected chi connectivity index (χ4v) is 13.1. The number of phenols is 1. The fraction of sp³-hybridized carbons (Fsp3) is 0.415. The highest BCUT2D eigenvalue weighted by molar-refractivity contribution is 7.99. The molecule has 0 radical (unpaired) electrons. The Balaban J connectivity index is 1.18. The maximum Gasteiger partial charge on any atom is 0.411 e. The third-order valence-corrected chi connectivity index (χ3v) is 15.6. The highest BCUT2D eigenvalue weighted by atomic mass is 32.2. The molecular weight excluding hydrogens is 933 g/mol. The first kappa shape index (κ1) is 47.7. The van der Waals surface area contributed by atoms with Gasteiger partial charge in [-0.1, -0.05) is 36.4 Å². The number of rotatable bonds is 6. The number of carbonyl (C=O) groups is 4. The van der Waals surface area contributed by atoms with Crippen molar-refractivity contribution in [3.05, 3.63) is 105 Å². The number of benzene rings is 4. The summed E-state index contributed by atoms with van der Waals surface area (Å²) >= 11 is 1.34. The monoisotopic (exact) mass is 986 g/mol. The van der Waals surface area contributed by atoms with Gasteiger partial charge in [0.15, 0.2) is 40.0 Å². The summed E-state index contributed by atoms with van der Waals surface area (Å²) in [5, 5.41) is 26.6. The molecule has 0 aromatic heterocycles. The average Bonchev–Trinajstić information content (AvgIpc) is 3.83. The molecule has 4 bridgehead atoms. The third-order valence-electron chi connectivity index (χ3n) is 14.1. The summed E-state index contributed by atoms with van der Waals surface area (Å²) in [6, 6.07) is 12.5. The number of phenolic OH excluding ortho intramolecular Hbond substituents is 1. The molecule has 2 fully saturated rings. The van der Waals surface area contributed by atoms with E-state index in [-0.39, 0.29) is 54.3 Å². The zero-order valence-electron chi connectivity index (χ0n) is 40.6. The van der Waals surface area contributed by atoms with Crippen molar-refractivity contribution < 1.29 is 62.2 Å². The zero-order chi connectivity index (χ0) is 50.3. The summed E-state index contributed by atoms with van der Waals surface area (Å²) in [5.74, 6) is -0.549. The van der Waals surface area contributed by atoms with Gasteiger partial charge in [-0.05, 0) is 93.5 Å². The van der Waals surface area contributed by atoms with E-state index in [1.54, 1.807) is 50.8 Å². The van der Waals surface area contributed by atoms with E-state index in [1.807, 2.05) is 48.2 Å². The van der Waals surface area contributed by atoms with Crippen LogP contribution in [0.25, 0.3) is 6.08 Å². The van der Waals surface area contributed by atoms with Crippen LogP contribution in [0.2, 0.25) is 0 Å². The van der Waals surface area contributed by atoms with Gasteiger partial charge in [0.1, 0.15) is 24.0 Å². The summed E-state index contributed by atoms with van der Waals surface area (Å²) in [4.78, 5) is 60.3. The molecule has 1 spiro atoms. The van der Waals surface area contributed by atoms with Gasteiger partial charge >= 0.3 is 24.0 Å². The van der Waals surface area contributed by atoms with Crippen molar-refractivity contribution in [2.45, 2.75) is 101 Å². The van der Waals surface area contributed by atoms with Gasteiger partial charge in [-0.2, -0.15) is 5.26 Å². The minimum atomic E-state index is -1.56. The minimum Gasteiger partial charge on any atom is -0.504 e. The Morgan fingerprint density at radius 2 is 1.72 bits per heavy atom. The lowest BCUT2D eigenvalue weighted by atomic mass is 9.71. The number of hydrogen-bond donors (Lipinski definition) is 2. The molecular formula is C53H54N4O13S. The molecule has 2 N–H and O–H groups in total. The smallest absolute Gasteiger partial charge is 0.411 e. The maximum atomic E-state index is 15.3. The summed E-state index contributed by atoms with van der Waals surface area (Å²) in [7, 11) is 2.91. The normalized spacial score (nSPS) is 24.9. The first-order valence-corrected chi connectivity index (χ1v) is 24.5. The highest BCUT2D eigenvalue weighted by Gasteiger charge is 2.64. The molecule has 370 valence electrons. The molecule has 7 atom stereocenters. The number of methoxy groups -OCH3 is 2. The molecule has 4 aromatic carbocycles. The number of fused-ring (bicyclic) bond motifs is 9. The minimum absolute atomic E-state index is 0.0249. The van der Waals surface area contributed by atoms with Crippen LogP contribution in [0.15, 0.2) is 54.6 Å². The molecule has 2 saturated heterocycles.